The Morgan fingerprint density at radius 3 is 2.72 bits per heavy atom. The van der Waals surface area contributed by atoms with Gasteiger partial charge in [0.15, 0.2) is 0 Å². The van der Waals surface area contributed by atoms with Crippen LogP contribution in [0.5, 0.6) is 5.75 Å². The zero-order chi connectivity index (χ0) is 17.4. The minimum atomic E-state index is 0.0497. The Morgan fingerprint density at radius 1 is 1.16 bits per heavy atom. The first-order chi connectivity index (χ1) is 12.2. The van der Waals surface area contributed by atoms with Crippen LogP contribution >= 0.6 is 11.3 Å². The average Bonchev–Trinajstić information content (AvgIpc) is 3.08. The Labute approximate surface area is 151 Å². The summed E-state index contributed by atoms with van der Waals surface area (Å²) in [6, 6.07) is 18.0. The molecule has 4 rings (SSSR count). The van der Waals surface area contributed by atoms with E-state index in [1.54, 1.807) is 11.3 Å². The summed E-state index contributed by atoms with van der Waals surface area (Å²) in [4.78, 5) is 16.9. The Morgan fingerprint density at radius 2 is 1.92 bits per heavy atom. The van der Waals surface area contributed by atoms with Gasteiger partial charge in [-0.1, -0.05) is 30.3 Å². The molecule has 1 aromatic heterocycles. The highest BCUT2D eigenvalue weighted by molar-refractivity contribution is 7.17. The number of rotatable bonds is 3. The summed E-state index contributed by atoms with van der Waals surface area (Å²) in [5, 5.41) is 0. The van der Waals surface area contributed by atoms with E-state index >= 15 is 0 Å². The fourth-order valence-electron chi connectivity index (χ4n) is 3.23. The predicted octanol–water partition coefficient (Wildman–Crippen LogP) is 5.28. The molecule has 0 aliphatic carbocycles. The number of carbonyl (C=O) groups excluding carboxylic acids is 1. The normalized spacial score (nSPS) is 12.1. The van der Waals surface area contributed by atoms with Crippen LogP contribution in [0.15, 0.2) is 54.6 Å². The second-order valence-electron chi connectivity index (χ2n) is 6.09. The molecule has 0 spiro atoms. The number of hydrogen-bond donors (Lipinski definition) is 0. The van der Waals surface area contributed by atoms with Crippen LogP contribution in [0, 0.1) is 6.92 Å². The fourth-order valence-corrected chi connectivity index (χ4v) is 4.37. The van der Waals surface area contributed by atoms with Gasteiger partial charge in [-0.05, 0) is 43.7 Å². The van der Waals surface area contributed by atoms with Gasteiger partial charge in [-0.2, -0.15) is 0 Å². The number of amides is 1. The molecule has 2 heterocycles. The highest BCUT2D eigenvalue weighted by Crippen LogP contribution is 2.42. The first kappa shape index (κ1) is 15.9. The van der Waals surface area contributed by atoms with E-state index in [2.05, 4.69) is 6.07 Å². The summed E-state index contributed by atoms with van der Waals surface area (Å²) < 4.78 is 5.82. The van der Waals surface area contributed by atoms with Gasteiger partial charge in [0.2, 0.25) is 0 Å². The molecule has 0 fully saturated rings. The first-order valence-corrected chi connectivity index (χ1v) is 9.23. The van der Waals surface area contributed by atoms with Gasteiger partial charge in [0.1, 0.15) is 12.4 Å². The van der Waals surface area contributed by atoms with Crippen LogP contribution in [0.25, 0.3) is 10.4 Å². The van der Waals surface area contributed by atoms with Crippen LogP contribution in [-0.2, 0) is 6.61 Å². The third-order valence-corrected chi connectivity index (χ3v) is 5.70. The Balaban J connectivity index is 1.73. The Bertz CT molecular complexity index is 945. The van der Waals surface area contributed by atoms with Gasteiger partial charge >= 0.3 is 0 Å². The molecule has 1 aliphatic heterocycles. The number of ether oxygens (including phenoxy) is 1. The van der Waals surface area contributed by atoms with E-state index in [9.17, 15) is 4.79 Å². The minimum absolute atomic E-state index is 0.0497. The molecule has 1 aliphatic rings. The number of thiophene rings is 1. The molecule has 1 amide bonds. The number of hydrogen-bond acceptors (Lipinski definition) is 3. The zero-order valence-electron chi connectivity index (χ0n) is 14.3. The summed E-state index contributed by atoms with van der Waals surface area (Å²) in [5.74, 6) is 0.941. The van der Waals surface area contributed by atoms with E-state index in [0.29, 0.717) is 13.2 Å². The number of nitrogens with zero attached hydrogens (tertiary/aromatic N) is 1. The second kappa shape index (κ2) is 6.37. The molecule has 3 nitrogen and oxygen atoms in total. The molecule has 0 bridgehead atoms. The molecular formula is C21H19NO2S. The van der Waals surface area contributed by atoms with E-state index in [4.69, 9.17) is 4.74 Å². The third kappa shape index (κ3) is 2.72. The lowest BCUT2D eigenvalue weighted by atomic mass is 10.1. The highest BCUT2D eigenvalue weighted by Gasteiger charge is 2.25. The minimum Gasteiger partial charge on any atom is -0.488 e. The van der Waals surface area contributed by atoms with Gasteiger partial charge in [0.25, 0.3) is 5.91 Å². The number of para-hydroxylation sites is 2. The molecule has 2 aromatic carbocycles. The SMILES string of the molecule is CCN(C(=O)c1cc2c(s1)-c1ccccc1OC2)c1ccccc1C. The van der Waals surface area contributed by atoms with Gasteiger partial charge in [-0.3, -0.25) is 4.79 Å². The van der Waals surface area contributed by atoms with Crippen LogP contribution in [-0.4, -0.2) is 12.5 Å². The standard InChI is InChI=1S/C21H19NO2S/c1-3-22(17-10-6-4-8-14(17)2)21(23)19-12-15-13-24-18-11-7-5-9-16(18)20(15)25-19/h4-12H,3,13H2,1-2H3. The molecule has 0 atom stereocenters. The van der Waals surface area contributed by atoms with Crippen molar-refractivity contribution in [1.82, 2.24) is 0 Å². The zero-order valence-corrected chi connectivity index (χ0v) is 15.1. The van der Waals surface area contributed by atoms with Crippen LogP contribution in [0.2, 0.25) is 0 Å². The van der Waals surface area contributed by atoms with Crippen molar-refractivity contribution in [1.29, 1.82) is 0 Å². The molecule has 3 aromatic rings. The van der Waals surface area contributed by atoms with E-state index in [-0.39, 0.29) is 5.91 Å². The third-order valence-electron chi connectivity index (χ3n) is 4.50. The molecule has 0 radical (unpaired) electrons. The van der Waals surface area contributed by atoms with Gasteiger partial charge in [-0.15, -0.1) is 11.3 Å². The van der Waals surface area contributed by atoms with Gasteiger partial charge in [-0.25, -0.2) is 0 Å². The van der Waals surface area contributed by atoms with Crippen LogP contribution < -0.4 is 9.64 Å². The van der Waals surface area contributed by atoms with Crippen molar-refractivity contribution in [3.8, 4) is 16.2 Å². The molecule has 4 heteroatoms. The molecule has 0 saturated heterocycles. The van der Waals surface area contributed by atoms with Crippen molar-refractivity contribution in [3.05, 3.63) is 70.6 Å². The molecule has 0 saturated carbocycles. The monoisotopic (exact) mass is 349 g/mol. The van der Waals surface area contributed by atoms with Gasteiger partial charge in [0.05, 0.1) is 4.88 Å². The quantitative estimate of drug-likeness (QED) is 0.643. The maximum Gasteiger partial charge on any atom is 0.268 e. The Kier molecular flexibility index (Phi) is 4.06. The predicted molar refractivity (Wildman–Crippen MR) is 103 cm³/mol. The van der Waals surface area contributed by atoms with E-state index in [0.717, 1.165) is 37.9 Å². The lowest BCUT2D eigenvalue weighted by Gasteiger charge is -2.22. The first-order valence-electron chi connectivity index (χ1n) is 8.41. The van der Waals surface area contributed by atoms with E-state index < -0.39 is 0 Å². The molecular weight excluding hydrogens is 330 g/mol. The van der Waals surface area contributed by atoms with Crippen molar-refractivity contribution < 1.29 is 9.53 Å². The molecule has 25 heavy (non-hydrogen) atoms. The fraction of sp³-hybridized carbons (Fsp3) is 0.190. The summed E-state index contributed by atoms with van der Waals surface area (Å²) in [6.07, 6.45) is 0. The van der Waals surface area contributed by atoms with Gasteiger partial charge < -0.3 is 9.64 Å². The van der Waals surface area contributed by atoms with Crippen molar-refractivity contribution in [2.75, 3.05) is 11.4 Å². The smallest absolute Gasteiger partial charge is 0.268 e. The van der Waals surface area contributed by atoms with E-state index in [1.807, 2.05) is 67.3 Å². The van der Waals surface area contributed by atoms with Crippen molar-refractivity contribution in [3.63, 3.8) is 0 Å². The Hall–Kier alpha value is -2.59. The number of anilines is 1. The van der Waals surface area contributed by atoms with Crippen molar-refractivity contribution in [2.24, 2.45) is 0 Å². The van der Waals surface area contributed by atoms with Crippen molar-refractivity contribution >= 4 is 22.9 Å². The number of aryl methyl sites for hydroxylation is 1. The number of benzene rings is 2. The van der Waals surface area contributed by atoms with Crippen molar-refractivity contribution in [2.45, 2.75) is 20.5 Å². The summed E-state index contributed by atoms with van der Waals surface area (Å²) in [5.41, 5.74) is 4.24. The molecule has 0 N–H and O–H groups in total. The summed E-state index contributed by atoms with van der Waals surface area (Å²) >= 11 is 1.56. The maximum atomic E-state index is 13.2. The molecule has 126 valence electrons. The highest BCUT2D eigenvalue weighted by atomic mass is 32.1. The lowest BCUT2D eigenvalue weighted by molar-refractivity contribution is 0.0992. The molecule has 0 unspecified atom stereocenters. The number of carbonyl (C=O) groups is 1. The second-order valence-corrected chi connectivity index (χ2v) is 7.14. The number of fused-ring (bicyclic) bond motifs is 3. The maximum absolute atomic E-state index is 13.2. The van der Waals surface area contributed by atoms with E-state index in [1.165, 1.54) is 0 Å². The van der Waals surface area contributed by atoms with Gasteiger partial charge in [0, 0.05) is 28.2 Å². The summed E-state index contributed by atoms with van der Waals surface area (Å²) in [6.45, 7) is 5.21. The van der Waals surface area contributed by atoms with Crippen LogP contribution in [0.3, 0.4) is 0 Å². The largest absolute Gasteiger partial charge is 0.488 e. The average molecular weight is 349 g/mol. The topological polar surface area (TPSA) is 29.5 Å². The van der Waals surface area contributed by atoms with Crippen LogP contribution in [0.1, 0.15) is 27.7 Å². The van der Waals surface area contributed by atoms with Crippen LogP contribution in [0.4, 0.5) is 5.69 Å². The summed E-state index contributed by atoms with van der Waals surface area (Å²) in [7, 11) is 0. The lowest BCUT2D eigenvalue weighted by Crippen LogP contribution is -2.30.